The van der Waals surface area contributed by atoms with Gasteiger partial charge < -0.3 is 15.0 Å². The van der Waals surface area contributed by atoms with Crippen molar-refractivity contribution >= 4 is 40.7 Å². The molecule has 1 aromatic carbocycles. The van der Waals surface area contributed by atoms with Crippen molar-refractivity contribution in [1.29, 1.82) is 0 Å². The number of ether oxygens (including phenoxy) is 1. The summed E-state index contributed by atoms with van der Waals surface area (Å²) in [4.78, 5) is 26.0. The van der Waals surface area contributed by atoms with Crippen LogP contribution >= 0.6 is 23.2 Å². The second kappa shape index (κ2) is 7.31. The molecule has 1 saturated heterocycles. The van der Waals surface area contributed by atoms with E-state index in [0.717, 1.165) is 0 Å². The van der Waals surface area contributed by atoms with E-state index in [0.29, 0.717) is 28.9 Å². The highest BCUT2D eigenvalue weighted by Crippen LogP contribution is 2.27. The molecular weight excluding hydrogens is 327 g/mol. The summed E-state index contributed by atoms with van der Waals surface area (Å²) in [5, 5.41) is 3.63. The third-order valence-corrected chi connectivity index (χ3v) is 4.22. The van der Waals surface area contributed by atoms with Gasteiger partial charge in [0, 0.05) is 25.1 Å². The van der Waals surface area contributed by atoms with Gasteiger partial charge >= 0.3 is 0 Å². The summed E-state index contributed by atoms with van der Waals surface area (Å²) in [6.45, 7) is 2.73. The molecule has 0 saturated carbocycles. The van der Waals surface area contributed by atoms with Crippen molar-refractivity contribution in [2.24, 2.45) is 5.92 Å². The van der Waals surface area contributed by atoms with Gasteiger partial charge in [0.05, 0.1) is 29.3 Å². The lowest BCUT2D eigenvalue weighted by Crippen LogP contribution is -2.38. The first kappa shape index (κ1) is 17.1. The molecule has 0 aromatic heterocycles. The van der Waals surface area contributed by atoms with E-state index in [1.807, 2.05) is 6.92 Å². The zero-order chi connectivity index (χ0) is 16.3. The third-order valence-electron chi connectivity index (χ3n) is 3.66. The number of benzene rings is 1. The molecule has 1 fully saturated rings. The Morgan fingerprint density at radius 3 is 2.91 bits per heavy atom. The minimum absolute atomic E-state index is 0.0399. The van der Waals surface area contributed by atoms with E-state index in [1.54, 1.807) is 30.2 Å². The molecule has 2 atom stereocenters. The molecule has 5 nitrogen and oxygen atoms in total. The van der Waals surface area contributed by atoms with Crippen molar-refractivity contribution in [2.75, 3.05) is 25.6 Å². The topological polar surface area (TPSA) is 58.6 Å². The number of hydrogen-bond acceptors (Lipinski definition) is 3. The van der Waals surface area contributed by atoms with Crippen LogP contribution in [0.3, 0.4) is 0 Å². The first-order chi connectivity index (χ1) is 10.4. The van der Waals surface area contributed by atoms with E-state index in [-0.39, 0.29) is 24.3 Å². The standard InChI is InChI=1S/C15H18Cl2N2O3/c1-9(8-22-2)19-7-10(5-14(19)20)15(21)18-13-6-11(16)3-4-12(13)17/h3-4,6,9-10H,5,7-8H2,1-2H3,(H,18,21)/t9-,10-/m0/s1. The minimum Gasteiger partial charge on any atom is -0.383 e. The molecule has 0 unspecified atom stereocenters. The summed E-state index contributed by atoms with van der Waals surface area (Å²) in [6.07, 6.45) is 0.193. The van der Waals surface area contributed by atoms with Gasteiger partial charge in [0.15, 0.2) is 0 Å². The molecule has 7 heteroatoms. The number of likely N-dealkylation sites (tertiary alicyclic amines) is 1. The van der Waals surface area contributed by atoms with Crippen molar-refractivity contribution < 1.29 is 14.3 Å². The summed E-state index contributed by atoms with van der Waals surface area (Å²) in [7, 11) is 1.59. The molecule has 1 aliphatic heterocycles. The van der Waals surface area contributed by atoms with Crippen molar-refractivity contribution in [1.82, 2.24) is 4.90 Å². The number of nitrogens with one attached hydrogen (secondary N) is 1. The summed E-state index contributed by atoms with van der Waals surface area (Å²) >= 11 is 11.9. The molecule has 1 N–H and O–H groups in total. The molecule has 2 amide bonds. The number of nitrogens with zero attached hydrogens (tertiary/aromatic N) is 1. The summed E-state index contributed by atoms with van der Waals surface area (Å²) in [5.74, 6) is -0.673. The predicted octanol–water partition coefficient (Wildman–Crippen LogP) is 2.82. The lowest BCUT2D eigenvalue weighted by molar-refractivity contribution is -0.130. The second-order valence-electron chi connectivity index (χ2n) is 5.36. The van der Waals surface area contributed by atoms with Crippen molar-refractivity contribution in [3.05, 3.63) is 28.2 Å². The Morgan fingerprint density at radius 2 is 2.23 bits per heavy atom. The first-order valence-corrected chi connectivity index (χ1v) is 7.72. The zero-order valence-corrected chi connectivity index (χ0v) is 13.9. The fraction of sp³-hybridized carbons (Fsp3) is 0.467. The van der Waals surface area contributed by atoms with Crippen molar-refractivity contribution in [2.45, 2.75) is 19.4 Å². The van der Waals surface area contributed by atoms with E-state index in [1.165, 1.54) is 0 Å². The van der Waals surface area contributed by atoms with Crippen LogP contribution in [0.25, 0.3) is 0 Å². The van der Waals surface area contributed by atoms with Gasteiger partial charge in [-0.2, -0.15) is 0 Å². The lowest BCUT2D eigenvalue weighted by atomic mass is 10.1. The Bertz CT molecular complexity index is 580. The monoisotopic (exact) mass is 344 g/mol. The predicted molar refractivity (Wildman–Crippen MR) is 86.2 cm³/mol. The second-order valence-corrected chi connectivity index (χ2v) is 6.21. The molecule has 120 valence electrons. The fourth-order valence-corrected chi connectivity index (χ4v) is 2.83. The Hall–Kier alpha value is -1.30. The minimum atomic E-state index is -0.401. The van der Waals surface area contributed by atoms with Crippen LogP contribution in [0.2, 0.25) is 10.0 Å². The molecule has 22 heavy (non-hydrogen) atoms. The van der Waals surface area contributed by atoms with E-state index in [2.05, 4.69) is 5.32 Å². The van der Waals surface area contributed by atoms with Crippen molar-refractivity contribution in [3.63, 3.8) is 0 Å². The van der Waals surface area contributed by atoms with Gasteiger partial charge in [0.25, 0.3) is 0 Å². The molecule has 0 aliphatic carbocycles. The molecule has 0 radical (unpaired) electrons. The molecule has 0 spiro atoms. The number of hydrogen-bond donors (Lipinski definition) is 1. The maximum atomic E-state index is 12.3. The SMILES string of the molecule is COC[C@H](C)N1C[C@@H](C(=O)Nc2cc(Cl)ccc2Cl)CC1=O. The van der Waals surface area contributed by atoms with E-state index < -0.39 is 5.92 Å². The zero-order valence-electron chi connectivity index (χ0n) is 12.4. The molecule has 2 rings (SSSR count). The lowest BCUT2D eigenvalue weighted by Gasteiger charge is -2.23. The maximum Gasteiger partial charge on any atom is 0.229 e. The van der Waals surface area contributed by atoms with Crippen LogP contribution < -0.4 is 5.32 Å². The molecule has 1 aromatic rings. The van der Waals surface area contributed by atoms with Crippen LogP contribution in [0.1, 0.15) is 13.3 Å². The van der Waals surface area contributed by atoms with Gasteiger partial charge in [-0.15, -0.1) is 0 Å². The average Bonchev–Trinajstić information content (AvgIpc) is 2.85. The largest absolute Gasteiger partial charge is 0.383 e. The van der Waals surface area contributed by atoms with E-state index in [9.17, 15) is 9.59 Å². The van der Waals surface area contributed by atoms with Crippen LogP contribution in [-0.2, 0) is 14.3 Å². The number of anilines is 1. The first-order valence-electron chi connectivity index (χ1n) is 6.96. The van der Waals surface area contributed by atoms with Gasteiger partial charge in [-0.25, -0.2) is 0 Å². The summed E-state index contributed by atoms with van der Waals surface area (Å²) in [6, 6.07) is 4.80. The van der Waals surface area contributed by atoms with Crippen LogP contribution in [0.5, 0.6) is 0 Å². The van der Waals surface area contributed by atoms with Gasteiger partial charge in [0.2, 0.25) is 11.8 Å². The van der Waals surface area contributed by atoms with Crippen LogP contribution in [0.4, 0.5) is 5.69 Å². The number of methoxy groups -OCH3 is 1. The van der Waals surface area contributed by atoms with Crippen LogP contribution in [0.15, 0.2) is 18.2 Å². The van der Waals surface area contributed by atoms with E-state index in [4.69, 9.17) is 27.9 Å². The normalized spacial score (nSPS) is 19.4. The fourth-order valence-electron chi connectivity index (χ4n) is 2.49. The highest BCUT2D eigenvalue weighted by atomic mass is 35.5. The number of halogens is 2. The molecular formula is C15H18Cl2N2O3. The molecule has 0 bridgehead atoms. The van der Waals surface area contributed by atoms with Crippen LogP contribution in [0, 0.1) is 5.92 Å². The number of rotatable bonds is 5. The molecule has 1 aliphatic rings. The van der Waals surface area contributed by atoms with Gasteiger partial charge in [-0.3, -0.25) is 9.59 Å². The Balaban J connectivity index is 2.02. The Kier molecular flexibility index (Phi) is 5.67. The van der Waals surface area contributed by atoms with Gasteiger partial charge in [-0.05, 0) is 25.1 Å². The van der Waals surface area contributed by atoms with Crippen molar-refractivity contribution in [3.8, 4) is 0 Å². The molecule has 1 heterocycles. The summed E-state index contributed by atoms with van der Waals surface area (Å²) < 4.78 is 5.06. The highest BCUT2D eigenvalue weighted by Gasteiger charge is 2.36. The smallest absolute Gasteiger partial charge is 0.229 e. The average molecular weight is 345 g/mol. The number of carbonyl (C=O) groups excluding carboxylic acids is 2. The maximum absolute atomic E-state index is 12.3. The van der Waals surface area contributed by atoms with Gasteiger partial charge in [-0.1, -0.05) is 23.2 Å². The summed E-state index contributed by atoms with van der Waals surface area (Å²) in [5.41, 5.74) is 0.454. The van der Waals surface area contributed by atoms with Crippen LogP contribution in [-0.4, -0.2) is 43.0 Å². The number of amides is 2. The van der Waals surface area contributed by atoms with Gasteiger partial charge in [0.1, 0.15) is 0 Å². The number of carbonyl (C=O) groups is 2. The Labute approximate surface area is 139 Å². The van der Waals surface area contributed by atoms with E-state index >= 15 is 0 Å². The Morgan fingerprint density at radius 1 is 1.50 bits per heavy atom. The highest BCUT2D eigenvalue weighted by molar-refractivity contribution is 6.35. The third kappa shape index (κ3) is 3.91. The quantitative estimate of drug-likeness (QED) is 0.893.